The third-order valence-electron chi connectivity index (χ3n) is 3.54. The Morgan fingerprint density at radius 3 is 2.35 bits per heavy atom. The van der Waals surface area contributed by atoms with Crippen LogP contribution in [0.25, 0.3) is 0 Å². The number of benzene rings is 1. The second-order valence-corrected chi connectivity index (χ2v) is 5.34. The lowest BCUT2D eigenvalue weighted by atomic mass is 10.1. The minimum atomic E-state index is 0.263. The lowest BCUT2D eigenvalue weighted by Crippen LogP contribution is -2.18. The van der Waals surface area contributed by atoms with Crippen LogP contribution in [0, 0.1) is 13.8 Å². The van der Waals surface area contributed by atoms with Gasteiger partial charge < -0.3 is 14.6 Å². The smallest absolute Gasteiger partial charge is 0.208 e. The van der Waals surface area contributed by atoms with E-state index in [1.165, 1.54) is 11.3 Å². The minimum absolute atomic E-state index is 0.263. The molecule has 0 aliphatic carbocycles. The SMILES string of the molecule is Cc1nc(CNC(C)c2ccc(N(C)C)cc2)oc1C. The maximum absolute atomic E-state index is 5.57. The molecular weight excluding hydrogens is 250 g/mol. The molecule has 4 heteroatoms. The molecule has 1 unspecified atom stereocenters. The van der Waals surface area contributed by atoms with Crippen LogP contribution >= 0.6 is 0 Å². The van der Waals surface area contributed by atoms with E-state index in [1.807, 2.05) is 27.9 Å². The van der Waals surface area contributed by atoms with Crippen molar-refractivity contribution >= 4 is 5.69 Å². The summed E-state index contributed by atoms with van der Waals surface area (Å²) in [6.07, 6.45) is 0. The first-order valence-electron chi connectivity index (χ1n) is 6.91. The molecule has 0 aliphatic rings. The van der Waals surface area contributed by atoms with Gasteiger partial charge in [-0.05, 0) is 38.5 Å². The molecule has 1 N–H and O–H groups in total. The molecule has 108 valence electrons. The summed E-state index contributed by atoms with van der Waals surface area (Å²) in [4.78, 5) is 6.47. The first-order chi connectivity index (χ1) is 9.47. The quantitative estimate of drug-likeness (QED) is 0.908. The lowest BCUT2D eigenvalue weighted by molar-refractivity contribution is 0.432. The van der Waals surface area contributed by atoms with Gasteiger partial charge in [0.1, 0.15) is 5.76 Å². The molecule has 20 heavy (non-hydrogen) atoms. The highest BCUT2D eigenvalue weighted by Crippen LogP contribution is 2.18. The van der Waals surface area contributed by atoms with Crippen molar-refractivity contribution in [3.8, 4) is 0 Å². The van der Waals surface area contributed by atoms with Gasteiger partial charge in [-0.3, -0.25) is 0 Å². The van der Waals surface area contributed by atoms with Gasteiger partial charge in [-0.25, -0.2) is 4.98 Å². The van der Waals surface area contributed by atoms with Crippen molar-refractivity contribution in [2.75, 3.05) is 19.0 Å². The van der Waals surface area contributed by atoms with Gasteiger partial charge in [0.25, 0.3) is 0 Å². The first-order valence-corrected chi connectivity index (χ1v) is 6.91. The van der Waals surface area contributed by atoms with Gasteiger partial charge in [-0.15, -0.1) is 0 Å². The maximum Gasteiger partial charge on any atom is 0.208 e. The van der Waals surface area contributed by atoms with Crippen LogP contribution in [0.15, 0.2) is 28.7 Å². The summed E-state index contributed by atoms with van der Waals surface area (Å²) in [5, 5.41) is 3.43. The number of hydrogen-bond acceptors (Lipinski definition) is 4. The van der Waals surface area contributed by atoms with Crippen LogP contribution in [0.1, 0.15) is 35.9 Å². The molecular formula is C16H23N3O. The summed E-state index contributed by atoms with van der Waals surface area (Å²) in [7, 11) is 4.09. The zero-order valence-electron chi connectivity index (χ0n) is 12.9. The summed E-state index contributed by atoms with van der Waals surface area (Å²) in [6, 6.07) is 8.83. The van der Waals surface area contributed by atoms with E-state index in [2.05, 4.69) is 46.4 Å². The van der Waals surface area contributed by atoms with Gasteiger partial charge >= 0.3 is 0 Å². The van der Waals surface area contributed by atoms with Gasteiger partial charge in [0.2, 0.25) is 5.89 Å². The van der Waals surface area contributed by atoms with Gasteiger partial charge in [0.15, 0.2) is 0 Å². The van der Waals surface area contributed by atoms with Crippen molar-refractivity contribution in [2.45, 2.75) is 33.4 Å². The van der Waals surface area contributed by atoms with Gasteiger partial charge in [0, 0.05) is 25.8 Å². The van der Waals surface area contributed by atoms with Gasteiger partial charge in [-0.1, -0.05) is 12.1 Å². The van der Waals surface area contributed by atoms with E-state index in [-0.39, 0.29) is 6.04 Å². The molecule has 0 aliphatic heterocycles. The summed E-state index contributed by atoms with van der Waals surface area (Å²) in [5.41, 5.74) is 3.43. The fourth-order valence-corrected chi connectivity index (χ4v) is 2.03. The van der Waals surface area contributed by atoms with E-state index in [0.717, 1.165) is 17.3 Å². The summed E-state index contributed by atoms with van der Waals surface area (Å²) in [5.74, 6) is 1.64. The Morgan fingerprint density at radius 2 is 1.85 bits per heavy atom. The molecule has 0 radical (unpaired) electrons. The largest absolute Gasteiger partial charge is 0.444 e. The van der Waals surface area contributed by atoms with Crippen molar-refractivity contribution < 1.29 is 4.42 Å². The van der Waals surface area contributed by atoms with Crippen molar-refractivity contribution in [1.29, 1.82) is 0 Å². The number of nitrogens with zero attached hydrogens (tertiary/aromatic N) is 2. The van der Waals surface area contributed by atoms with E-state index in [1.54, 1.807) is 0 Å². The Morgan fingerprint density at radius 1 is 1.20 bits per heavy atom. The van der Waals surface area contributed by atoms with Crippen LogP contribution in [0.2, 0.25) is 0 Å². The third-order valence-corrected chi connectivity index (χ3v) is 3.54. The monoisotopic (exact) mass is 273 g/mol. The van der Waals surface area contributed by atoms with E-state index in [0.29, 0.717) is 6.54 Å². The van der Waals surface area contributed by atoms with Crippen LogP contribution < -0.4 is 10.2 Å². The highest BCUT2D eigenvalue weighted by atomic mass is 16.4. The zero-order valence-corrected chi connectivity index (χ0v) is 12.9. The van der Waals surface area contributed by atoms with Crippen molar-refractivity contribution in [2.24, 2.45) is 0 Å². The van der Waals surface area contributed by atoms with Crippen LogP contribution in [-0.2, 0) is 6.54 Å². The Kier molecular flexibility index (Phi) is 4.45. The van der Waals surface area contributed by atoms with Crippen LogP contribution in [0.4, 0.5) is 5.69 Å². The Hall–Kier alpha value is -1.81. The predicted molar refractivity (Wildman–Crippen MR) is 82.0 cm³/mol. The second-order valence-electron chi connectivity index (χ2n) is 5.34. The number of nitrogens with one attached hydrogen (secondary N) is 1. The average molecular weight is 273 g/mol. The number of anilines is 1. The number of aromatic nitrogens is 1. The van der Waals surface area contributed by atoms with Crippen LogP contribution in [0.5, 0.6) is 0 Å². The van der Waals surface area contributed by atoms with E-state index < -0.39 is 0 Å². The van der Waals surface area contributed by atoms with Crippen molar-refractivity contribution in [1.82, 2.24) is 10.3 Å². The van der Waals surface area contributed by atoms with E-state index >= 15 is 0 Å². The molecule has 0 saturated heterocycles. The molecule has 1 heterocycles. The third kappa shape index (κ3) is 3.39. The highest BCUT2D eigenvalue weighted by molar-refractivity contribution is 5.46. The summed E-state index contributed by atoms with van der Waals surface area (Å²) < 4.78 is 5.57. The molecule has 0 bridgehead atoms. The topological polar surface area (TPSA) is 41.3 Å². The fraction of sp³-hybridized carbons (Fsp3) is 0.438. The number of rotatable bonds is 5. The average Bonchev–Trinajstić information content (AvgIpc) is 2.75. The lowest BCUT2D eigenvalue weighted by Gasteiger charge is -2.16. The van der Waals surface area contributed by atoms with Crippen LogP contribution in [-0.4, -0.2) is 19.1 Å². The molecule has 1 atom stereocenters. The first kappa shape index (κ1) is 14.6. The normalized spacial score (nSPS) is 12.4. The standard InChI is InChI=1S/C16H23N3O/c1-11-13(3)20-16(18-11)10-17-12(2)14-6-8-15(9-7-14)19(4)5/h6-9,12,17H,10H2,1-5H3. The molecule has 0 amide bonds. The molecule has 1 aromatic heterocycles. The Balaban J connectivity index is 1.95. The summed E-state index contributed by atoms with van der Waals surface area (Å²) in [6.45, 7) is 6.69. The number of hydrogen-bond donors (Lipinski definition) is 1. The Bertz CT molecular complexity index is 538. The second kappa shape index (κ2) is 6.09. The Labute approximate surface area is 120 Å². The summed E-state index contributed by atoms with van der Waals surface area (Å²) >= 11 is 0. The minimum Gasteiger partial charge on any atom is -0.444 e. The van der Waals surface area contributed by atoms with Crippen molar-refractivity contribution in [3.63, 3.8) is 0 Å². The van der Waals surface area contributed by atoms with Gasteiger partial charge in [0.05, 0.1) is 12.2 Å². The molecule has 4 nitrogen and oxygen atoms in total. The van der Waals surface area contributed by atoms with E-state index in [9.17, 15) is 0 Å². The van der Waals surface area contributed by atoms with Crippen LogP contribution in [0.3, 0.4) is 0 Å². The van der Waals surface area contributed by atoms with Crippen molar-refractivity contribution in [3.05, 3.63) is 47.2 Å². The molecule has 2 aromatic rings. The number of oxazole rings is 1. The van der Waals surface area contributed by atoms with Gasteiger partial charge in [-0.2, -0.15) is 0 Å². The predicted octanol–water partition coefficient (Wildman–Crippen LogP) is 3.21. The highest BCUT2D eigenvalue weighted by Gasteiger charge is 2.09. The maximum atomic E-state index is 5.57. The molecule has 0 spiro atoms. The van der Waals surface area contributed by atoms with E-state index in [4.69, 9.17) is 4.42 Å². The zero-order chi connectivity index (χ0) is 14.7. The fourth-order valence-electron chi connectivity index (χ4n) is 2.03. The molecule has 1 aromatic carbocycles. The molecule has 0 saturated carbocycles. The molecule has 2 rings (SSSR count). The molecule has 0 fully saturated rings. The number of aryl methyl sites for hydroxylation is 2.